The van der Waals surface area contributed by atoms with Crippen LogP contribution in [0.5, 0.6) is 0 Å². The van der Waals surface area contributed by atoms with Crippen molar-refractivity contribution >= 4 is 11.7 Å². The van der Waals surface area contributed by atoms with E-state index in [1.807, 2.05) is 18.7 Å². The summed E-state index contributed by atoms with van der Waals surface area (Å²) in [5.74, 6) is 1.40. The van der Waals surface area contributed by atoms with Crippen molar-refractivity contribution in [3.05, 3.63) is 22.6 Å². The summed E-state index contributed by atoms with van der Waals surface area (Å²) in [6.45, 7) is 5.13. The van der Waals surface area contributed by atoms with E-state index in [0.717, 1.165) is 19.3 Å². The highest BCUT2D eigenvalue weighted by molar-refractivity contribution is 6.03. The van der Waals surface area contributed by atoms with Crippen LogP contribution in [-0.4, -0.2) is 35.7 Å². The maximum absolute atomic E-state index is 12.7. The third-order valence-electron chi connectivity index (χ3n) is 4.76. The molecule has 1 saturated heterocycles. The van der Waals surface area contributed by atoms with E-state index >= 15 is 0 Å². The second-order valence-electron chi connectivity index (χ2n) is 6.28. The van der Waals surface area contributed by atoms with Crippen molar-refractivity contribution in [1.29, 1.82) is 0 Å². The van der Waals surface area contributed by atoms with E-state index in [-0.39, 0.29) is 17.7 Å². The van der Waals surface area contributed by atoms with Gasteiger partial charge >= 0.3 is 0 Å². The van der Waals surface area contributed by atoms with Gasteiger partial charge < -0.3 is 15.1 Å². The molecule has 0 saturated carbocycles. The van der Waals surface area contributed by atoms with Gasteiger partial charge in [0.2, 0.25) is 0 Å². The first-order valence-corrected chi connectivity index (χ1v) is 7.69. The van der Waals surface area contributed by atoms with E-state index < -0.39 is 0 Å². The lowest BCUT2D eigenvalue weighted by atomic mass is 9.94. The Balaban J connectivity index is 1.91. The van der Waals surface area contributed by atoms with Gasteiger partial charge in [-0.3, -0.25) is 9.59 Å². The van der Waals surface area contributed by atoms with Crippen molar-refractivity contribution in [1.82, 2.24) is 4.90 Å². The largest absolute Gasteiger partial charge is 0.455 e. The van der Waals surface area contributed by atoms with E-state index in [1.54, 1.807) is 0 Å². The van der Waals surface area contributed by atoms with Crippen molar-refractivity contribution in [3.63, 3.8) is 0 Å². The van der Waals surface area contributed by atoms with Crippen LogP contribution in [0.4, 0.5) is 0 Å². The minimum Gasteiger partial charge on any atom is -0.455 e. The number of Topliss-reactive ketones (excluding diaryl/α,β-unsaturated/α-hetero) is 1. The van der Waals surface area contributed by atoms with Crippen LogP contribution in [0.2, 0.25) is 0 Å². The van der Waals surface area contributed by atoms with Gasteiger partial charge in [-0.15, -0.1) is 0 Å². The summed E-state index contributed by atoms with van der Waals surface area (Å²) < 4.78 is 5.76. The van der Waals surface area contributed by atoms with Crippen molar-refractivity contribution < 1.29 is 14.0 Å². The summed E-state index contributed by atoms with van der Waals surface area (Å²) in [5.41, 5.74) is 7.08. The van der Waals surface area contributed by atoms with Crippen LogP contribution >= 0.6 is 0 Å². The molecule has 1 aliphatic carbocycles. The van der Waals surface area contributed by atoms with Gasteiger partial charge in [0.1, 0.15) is 5.76 Å². The molecule has 0 bridgehead atoms. The number of hydrogen-bond acceptors (Lipinski definition) is 4. The molecular weight excluding hydrogens is 268 g/mol. The second kappa shape index (κ2) is 5.30. The number of hydrogen-bond donors (Lipinski definition) is 1. The van der Waals surface area contributed by atoms with Crippen LogP contribution in [0.1, 0.15) is 58.4 Å². The number of aryl methyl sites for hydroxylation is 1. The Labute approximate surface area is 124 Å². The molecule has 1 aromatic rings. The van der Waals surface area contributed by atoms with Crippen LogP contribution in [0.25, 0.3) is 0 Å². The fraction of sp³-hybridized carbons (Fsp3) is 0.625. The molecule has 21 heavy (non-hydrogen) atoms. The number of carbonyl (C=O) groups excluding carboxylic acids is 2. The second-order valence-corrected chi connectivity index (χ2v) is 6.28. The zero-order valence-electron chi connectivity index (χ0n) is 12.6. The quantitative estimate of drug-likeness (QED) is 0.902. The SMILES string of the molecule is Cc1c(C(=O)N2CC(CN)CC2C)oc2c1C(=O)CCC2. The Morgan fingerprint density at radius 2 is 2.19 bits per heavy atom. The Hall–Kier alpha value is -1.62. The van der Waals surface area contributed by atoms with Crippen molar-refractivity contribution in [2.45, 2.75) is 45.6 Å². The topological polar surface area (TPSA) is 76.5 Å². The molecule has 2 N–H and O–H groups in total. The smallest absolute Gasteiger partial charge is 0.290 e. The Bertz CT molecular complexity index is 591. The summed E-state index contributed by atoms with van der Waals surface area (Å²) in [4.78, 5) is 26.6. The lowest BCUT2D eigenvalue weighted by molar-refractivity contribution is 0.0707. The van der Waals surface area contributed by atoms with Crippen LogP contribution in [0.15, 0.2) is 4.42 Å². The molecule has 5 nitrogen and oxygen atoms in total. The number of nitrogens with two attached hydrogens (primary N) is 1. The third kappa shape index (κ3) is 2.29. The van der Waals surface area contributed by atoms with Gasteiger partial charge in [-0.1, -0.05) is 0 Å². The van der Waals surface area contributed by atoms with Gasteiger partial charge in [0, 0.05) is 31.0 Å². The predicted molar refractivity (Wildman–Crippen MR) is 78.4 cm³/mol. The summed E-state index contributed by atoms with van der Waals surface area (Å²) in [6.07, 6.45) is 3.04. The first kappa shape index (κ1) is 14.3. The monoisotopic (exact) mass is 290 g/mol. The lowest BCUT2D eigenvalue weighted by Crippen LogP contribution is -2.34. The number of rotatable bonds is 2. The summed E-state index contributed by atoms with van der Waals surface area (Å²) >= 11 is 0. The van der Waals surface area contributed by atoms with E-state index in [2.05, 4.69) is 0 Å². The molecule has 1 amide bonds. The Morgan fingerprint density at radius 3 is 2.81 bits per heavy atom. The summed E-state index contributed by atoms with van der Waals surface area (Å²) in [6, 6.07) is 0.170. The van der Waals surface area contributed by atoms with Gasteiger partial charge in [0.05, 0.1) is 5.56 Å². The molecule has 1 fully saturated rings. The fourth-order valence-corrected chi connectivity index (χ4v) is 3.58. The van der Waals surface area contributed by atoms with Crippen molar-refractivity contribution in [2.75, 3.05) is 13.1 Å². The van der Waals surface area contributed by atoms with Gasteiger partial charge in [-0.25, -0.2) is 0 Å². The number of furan rings is 1. The first-order chi connectivity index (χ1) is 10.0. The van der Waals surface area contributed by atoms with Crippen LogP contribution in [0, 0.1) is 12.8 Å². The predicted octanol–water partition coefficient (Wildman–Crippen LogP) is 1.92. The first-order valence-electron chi connectivity index (χ1n) is 7.69. The Kier molecular flexibility index (Phi) is 3.61. The van der Waals surface area contributed by atoms with Gasteiger partial charge in [0.25, 0.3) is 5.91 Å². The van der Waals surface area contributed by atoms with Crippen LogP contribution in [0.3, 0.4) is 0 Å². The highest BCUT2D eigenvalue weighted by Crippen LogP contribution is 2.32. The van der Waals surface area contributed by atoms with E-state index in [1.165, 1.54) is 0 Å². The maximum atomic E-state index is 12.7. The number of likely N-dealkylation sites (tertiary alicyclic amines) is 1. The molecule has 5 heteroatoms. The number of fused-ring (bicyclic) bond motifs is 1. The number of ketones is 1. The molecule has 1 aliphatic heterocycles. The highest BCUT2D eigenvalue weighted by atomic mass is 16.4. The van der Waals surface area contributed by atoms with E-state index in [9.17, 15) is 9.59 Å². The molecule has 2 atom stereocenters. The molecule has 0 spiro atoms. The van der Waals surface area contributed by atoms with Crippen LogP contribution < -0.4 is 5.73 Å². The summed E-state index contributed by atoms with van der Waals surface area (Å²) in [7, 11) is 0. The molecule has 0 radical (unpaired) electrons. The number of nitrogens with zero attached hydrogens (tertiary/aromatic N) is 1. The normalized spacial score (nSPS) is 25.3. The average molecular weight is 290 g/mol. The number of amides is 1. The van der Waals surface area contributed by atoms with Gasteiger partial charge in [-0.2, -0.15) is 0 Å². The standard InChI is InChI=1S/C16H22N2O3/c1-9-6-11(7-17)8-18(9)16(20)15-10(2)14-12(19)4-3-5-13(14)21-15/h9,11H,3-8,17H2,1-2H3. The highest BCUT2D eigenvalue weighted by Gasteiger charge is 2.36. The maximum Gasteiger partial charge on any atom is 0.290 e. The fourth-order valence-electron chi connectivity index (χ4n) is 3.58. The van der Waals surface area contributed by atoms with Crippen molar-refractivity contribution in [3.8, 4) is 0 Å². The number of carbonyl (C=O) groups is 2. The lowest BCUT2D eigenvalue weighted by Gasteiger charge is -2.20. The zero-order valence-corrected chi connectivity index (χ0v) is 12.6. The van der Waals surface area contributed by atoms with Gasteiger partial charge in [0.15, 0.2) is 11.5 Å². The molecule has 2 unspecified atom stereocenters. The van der Waals surface area contributed by atoms with Gasteiger partial charge in [-0.05, 0) is 39.2 Å². The molecule has 3 rings (SSSR count). The minimum absolute atomic E-state index is 0.0989. The van der Waals surface area contributed by atoms with Crippen molar-refractivity contribution in [2.24, 2.45) is 11.7 Å². The molecule has 0 aromatic carbocycles. The minimum atomic E-state index is -0.0989. The van der Waals surface area contributed by atoms with E-state index in [0.29, 0.717) is 48.1 Å². The molecule has 1 aromatic heterocycles. The molecule has 2 aliphatic rings. The third-order valence-corrected chi connectivity index (χ3v) is 4.76. The average Bonchev–Trinajstić information content (AvgIpc) is 3.00. The molecule has 114 valence electrons. The van der Waals surface area contributed by atoms with E-state index in [4.69, 9.17) is 10.2 Å². The summed E-state index contributed by atoms with van der Waals surface area (Å²) in [5, 5.41) is 0. The Morgan fingerprint density at radius 1 is 1.43 bits per heavy atom. The van der Waals surface area contributed by atoms with Crippen LogP contribution in [-0.2, 0) is 6.42 Å². The molecular formula is C16H22N2O3. The zero-order chi connectivity index (χ0) is 15.1. The molecule has 2 heterocycles.